The van der Waals surface area contributed by atoms with Gasteiger partial charge in [0.25, 0.3) is 0 Å². The number of aryl methyl sites for hydroxylation is 1. The number of hydrogen-bond acceptors (Lipinski definition) is 3. The number of para-hydroxylation sites is 1. The molecular weight excluding hydrogens is 324 g/mol. The van der Waals surface area contributed by atoms with Gasteiger partial charge in [-0.15, -0.1) is 5.10 Å². The highest BCUT2D eigenvalue weighted by Gasteiger charge is 2.29. The standard InChI is InChI=1S/C21H22N4O/c1-4-14(2)21(26)25-13-15-9-5-6-10-16(15)20-19(22-23-24(20)3)17-11-7-8-12-18(17)25/h5-12,14H,4,13H2,1-3H3. The summed E-state index contributed by atoms with van der Waals surface area (Å²) in [6, 6.07) is 16.2. The molecule has 0 fully saturated rings. The number of nitrogens with zero attached hydrogens (tertiary/aromatic N) is 4. The van der Waals surface area contributed by atoms with Gasteiger partial charge in [0.15, 0.2) is 0 Å². The molecular formula is C21H22N4O. The maximum Gasteiger partial charge on any atom is 0.230 e. The van der Waals surface area contributed by atoms with Gasteiger partial charge < -0.3 is 4.90 Å². The molecule has 0 aliphatic carbocycles. The van der Waals surface area contributed by atoms with E-state index >= 15 is 0 Å². The minimum atomic E-state index is -0.0315. The second-order valence-electron chi connectivity index (χ2n) is 6.82. The minimum absolute atomic E-state index is 0.0315. The molecule has 3 aromatic rings. The van der Waals surface area contributed by atoms with Crippen molar-refractivity contribution in [1.82, 2.24) is 15.0 Å². The highest BCUT2D eigenvalue weighted by atomic mass is 16.2. The Kier molecular flexibility index (Phi) is 4.07. The molecule has 2 aromatic carbocycles. The fourth-order valence-corrected chi connectivity index (χ4v) is 3.53. The molecule has 0 N–H and O–H groups in total. The zero-order valence-corrected chi connectivity index (χ0v) is 15.3. The molecule has 0 saturated carbocycles. The lowest BCUT2D eigenvalue weighted by atomic mass is 9.94. The summed E-state index contributed by atoms with van der Waals surface area (Å²) in [5.74, 6) is 0.109. The van der Waals surface area contributed by atoms with Gasteiger partial charge in [-0.25, -0.2) is 4.68 Å². The molecule has 0 saturated heterocycles. The fraction of sp³-hybridized carbons (Fsp3) is 0.286. The molecule has 4 rings (SSSR count). The Hall–Kier alpha value is -2.95. The third kappa shape index (κ3) is 2.51. The maximum absolute atomic E-state index is 13.2. The Morgan fingerprint density at radius 2 is 1.81 bits per heavy atom. The van der Waals surface area contributed by atoms with Gasteiger partial charge >= 0.3 is 0 Å². The second kappa shape index (κ2) is 6.41. The number of fused-ring (bicyclic) bond motifs is 5. The molecule has 2 heterocycles. The molecule has 26 heavy (non-hydrogen) atoms. The Balaban J connectivity index is 2.01. The van der Waals surface area contributed by atoms with E-state index in [4.69, 9.17) is 0 Å². The van der Waals surface area contributed by atoms with Crippen LogP contribution >= 0.6 is 0 Å². The SMILES string of the molecule is CCC(C)C(=O)N1Cc2ccccc2-c2c(nnn2C)-c2ccccc21. The van der Waals surface area contributed by atoms with E-state index in [9.17, 15) is 4.79 Å². The molecule has 0 bridgehead atoms. The van der Waals surface area contributed by atoms with E-state index < -0.39 is 0 Å². The van der Waals surface area contributed by atoms with Gasteiger partial charge in [-0.1, -0.05) is 61.5 Å². The van der Waals surface area contributed by atoms with Crippen LogP contribution in [0.2, 0.25) is 0 Å². The summed E-state index contributed by atoms with van der Waals surface area (Å²) in [5, 5.41) is 8.70. The molecule has 0 spiro atoms. The third-order valence-corrected chi connectivity index (χ3v) is 5.18. The summed E-state index contributed by atoms with van der Waals surface area (Å²) in [6.07, 6.45) is 0.815. The molecule has 5 nitrogen and oxygen atoms in total. The van der Waals surface area contributed by atoms with Crippen LogP contribution in [0, 0.1) is 5.92 Å². The highest BCUT2D eigenvalue weighted by Crippen LogP contribution is 2.40. The van der Waals surface area contributed by atoms with E-state index in [1.807, 2.05) is 66.9 Å². The van der Waals surface area contributed by atoms with E-state index in [-0.39, 0.29) is 11.8 Å². The van der Waals surface area contributed by atoms with E-state index in [2.05, 4.69) is 22.4 Å². The molecule has 5 heteroatoms. The number of aromatic nitrogens is 3. The van der Waals surface area contributed by atoms with Crippen molar-refractivity contribution >= 4 is 11.6 Å². The highest BCUT2D eigenvalue weighted by molar-refractivity contribution is 6.00. The Morgan fingerprint density at radius 3 is 2.58 bits per heavy atom. The van der Waals surface area contributed by atoms with Crippen LogP contribution in [0.5, 0.6) is 0 Å². The van der Waals surface area contributed by atoms with Crippen molar-refractivity contribution in [2.24, 2.45) is 13.0 Å². The zero-order valence-electron chi connectivity index (χ0n) is 15.3. The summed E-state index contributed by atoms with van der Waals surface area (Å²) < 4.78 is 1.82. The molecule has 0 radical (unpaired) electrons. The Bertz CT molecular complexity index is 976. The van der Waals surface area contributed by atoms with Gasteiger partial charge in [-0.3, -0.25) is 4.79 Å². The summed E-state index contributed by atoms with van der Waals surface area (Å²) in [7, 11) is 1.91. The van der Waals surface area contributed by atoms with Gasteiger partial charge in [0.1, 0.15) is 5.69 Å². The molecule has 1 amide bonds. The lowest BCUT2D eigenvalue weighted by molar-refractivity contribution is -0.122. The van der Waals surface area contributed by atoms with Crippen LogP contribution in [0.15, 0.2) is 48.5 Å². The van der Waals surface area contributed by atoms with Gasteiger partial charge in [0, 0.05) is 24.1 Å². The van der Waals surface area contributed by atoms with Crippen molar-refractivity contribution < 1.29 is 4.79 Å². The monoisotopic (exact) mass is 346 g/mol. The first-order chi connectivity index (χ1) is 12.6. The van der Waals surface area contributed by atoms with Crippen LogP contribution in [0.3, 0.4) is 0 Å². The minimum Gasteiger partial charge on any atom is -0.307 e. The molecule has 1 unspecified atom stereocenters. The Labute approximate surface area is 153 Å². The smallest absolute Gasteiger partial charge is 0.230 e. The van der Waals surface area contributed by atoms with Crippen LogP contribution in [0.1, 0.15) is 25.8 Å². The van der Waals surface area contributed by atoms with Crippen molar-refractivity contribution in [1.29, 1.82) is 0 Å². The first-order valence-electron chi connectivity index (χ1n) is 9.00. The van der Waals surface area contributed by atoms with Crippen molar-refractivity contribution in [3.8, 4) is 22.5 Å². The van der Waals surface area contributed by atoms with Crippen LogP contribution < -0.4 is 4.90 Å². The average Bonchev–Trinajstić information content (AvgIpc) is 3.04. The molecule has 1 aliphatic rings. The molecule has 1 aromatic heterocycles. The number of hydrogen-bond donors (Lipinski definition) is 0. The van der Waals surface area contributed by atoms with E-state index in [0.29, 0.717) is 6.54 Å². The van der Waals surface area contributed by atoms with Gasteiger partial charge in [-0.05, 0) is 18.1 Å². The second-order valence-corrected chi connectivity index (χ2v) is 6.82. The molecule has 1 aliphatic heterocycles. The summed E-state index contributed by atoms with van der Waals surface area (Å²) in [5.41, 5.74) is 5.83. The van der Waals surface area contributed by atoms with Crippen molar-refractivity contribution in [3.05, 3.63) is 54.1 Å². The number of rotatable bonds is 2. The first-order valence-corrected chi connectivity index (χ1v) is 9.00. The first kappa shape index (κ1) is 16.5. The summed E-state index contributed by atoms with van der Waals surface area (Å²) in [4.78, 5) is 15.1. The van der Waals surface area contributed by atoms with E-state index in [0.717, 1.165) is 40.2 Å². The van der Waals surface area contributed by atoms with Crippen molar-refractivity contribution in [2.45, 2.75) is 26.8 Å². The van der Waals surface area contributed by atoms with Crippen molar-refractivity contribution in [3.63, 3.8) is 0 Å². The maximum atomic E-state index is 13.2. The van der Waals surface area contributed by atoms with Crippen LogP contribution in [0.4, 0.5) is 5.69 Å². The number of carbonyl (C=O) groups is 1. The lowest BCUT2D eigenvalue weighted by Gasteiger charge is -2.30. The normalized spacial score (nSPS) is 13.9. The van der Waals surface area contributed by atoms with Crippen LogP contribution in [0.25, 0.3) is 22.5 Å². The van der Waals surface area contributed by atoms with Gasteiger partial charge in [0.05, 0.1) is 17.9 Å². The summed E-state index contributed by atoms with van der Waals surface area (Å²) in [6.45, 7) is 4.58. The number of amides is 1. The molecule has 132 valence electrons. The number of carbonyl (C=O) groups excluding carboxylic acids is 1. The van der Waals surface area contributed by atoms with Crippen molar-refractivity contribution in [2.75, 3.05) is 4.90 Å². The fourth-order valence-electron chi connectivity index (χ4n) is 3.53. The Morgan fingerprint density at radius 1 is 1.12 bits per heavy atom. The van der Waals surface area contributed by atoms with Crippen LogP contribution in [-0.2, 0) is 18.4 Å². The molecule has 1 atom stereocenters. The summed E-state index contributed by atoms with van der Waals surface area (Å²) >= 11 is 0. The lowest BCUT2D eigenvalue weighted by Crippen LogP contribution is -2.35. The topological polar surface area (TPSA) is 51.0 Å². The predicted octanol–water partition coefficient (Wildman–Crippen LogP) is 4.04. The van der Waals surface area contributed by atoms with Gasteiger partial charge in [-0.2, -0.15) is 0 Å². The van der Waals surface area contributed by atoms with Gasteiger partial charge in [0.2, 0.25) is 5.91 Å². The largest absolute Gasteiger partial charge is 0.307 e. The van der Waals surface area contributed by atoms with Crippen LogP contribution in [-0.4, -0.2) is 20.9 Å². The predicted molar refractivity (Wildman–Crippen MR) is 103 cm³/mol. The van der Waals surface area contributed by atoms with E-state index in [1.165, 1.54) is 0 Å². The number of anilines is 1. The zero-order chi connectivity index (χ0) is 18.3. The number of benzene rings is 2. The quantitative estimate of drug-likeness (QED) is 0.703. The third-order valence-electron chi connectivity index (χ3n) is 5.18. The average molecular weight is 346 g/mol. The van der Waals surface area contributed by atoms with E-state index in [1.54, 1.807) is 0 Å².